The Balaban J connectivity index is 1.82. The normalized spacial score (nSPS) is 25.0. The fourth-order valence-electron chi connectivity index (χ4n) is 4.12. The predicted molar refractivity (Wildman–Crippen MR) is 108 cm³/mol. The van der Waals surface area contributed by atoms with Gasteiger partial charge in [0.25, 0.3) is 0 Å². The maximum atomic E-state index is 13.1. The zero-order valence-corrected chi connectivity index (χ0v) is 17.4. The molecule has 1 N–H and O–H groups in total. The molecule has 1 aromatic rings. The molecule has 3 atom stereocenters. The van der Waals surface area contributed by atoms with E-state index in [0.29, 0.717) is 31.7 Å². The van der Waals surface area contributed by atoms with Gasteiger partial charge in [0.15, 0.2) is 6.29 Å². The lowest BCUT2D eigenvalue weighted by Gasteiger charge is -2.41. The molecule has 0 aliphatic carbocycles. The second kappa shape index (κ2) is 10.6. The van der Waals surface area contributed by atoms with Crippen molar-refractivity contribution in [1.82, 2.24) is 10.4 Å². The summed E-state index contributed by atoms with van der Waals surface area (Å²) in [6, 6.07) is 7.23. The number of rotatable bonds is 8. The van der Waals surface area contributed by atoms with E-state index in [0.717, 1.165) is 37.7 Å². The van der Waals surface area contributed by atoms with E-state index < -0.39 is 12.2 Å². The number of benzene rings is 1. The Morgan fingerprint density at radius 2 is 2.10 bits per heavy atom. The average molecular weight is 405 g/mol. The number of carbonyl (C=O) groups is 2. The summed E-state index contributed by atoms with van der Waals surface area (Å²) in [6.07, 6.45) is 5.09. The minimum absolute atomic E-state index is 0.0786. The first-order chi connectivity index (χ1) is 14.2. The van der Waals surface area contributed by atoms with E-state index in [4.69, 9.17) is 14.3 Å². The van der Waals surface area contributed by atoms with Crippen molar-refractivity contribution in [2.45, 2.75) is 64.2 Å². The summed E-state index contributed by atoms with van der Waals surface area (Å²) >= 11 is 0. The number of carbonyl (C=O) groups excluding carboxylic acids is 2. The minimum Gasteiger partial charge on any atom is -0.496 e. The number of hydrogen-bond acceptors (Lipinski definition) is 5. The number of methoxy groups -OCH3 is 1. The molecule has 2 heterocycles. The van der Waals surface area contributed by atoms with E-state index in [1.54, 1.807) is 7.11 Å². The molecule has 7 nitrogen and oxygen atoms in total. The standard InChI is InChI=1S/C22H32N2O5/c1-3-4-14-24-19(25)13-12-17(21(24)16-9-5-6-10-18(16)27-2)22(26)23-29-20-11-7-8-15-28-20/h5-6,9-10,17,20-21H,3-4,7-8,11-15H2,1-2H3,(H,23,26). The first-order valence-electron chi connectivity index (χ1n) is 10.6. The molecule has 0 bridgehead atoms. The van der Waals surface area contributed by atoms with Gasteiger partial charge in [0.2, 0.25) is 11.8 Å². The molecule has 2 amide bonds. The van der Waals surface area contributed by atoms with Gasteiger partial charge in [-0.3, -0.25) is 9.59 Å². The lowest BCUT2D eigenvalue weighted by molar-refractivity contribution is -0.203. The van der Waals surface area contributed by atoms with Crippen molar-refractivity contribution in [1.29, 1.82) is 0 Å². The summed E-state index contributed by atoms with van der Waals surface area (Å²) < 4.78 is 11.1. The van der Waals surface area contributed by atoms with E-state index in [1.165, 1.54) is 0 Å². The van der Waals surface area contributed by atoms with Crippen LogP contribution in [0.4, 0.5) is 0 Å². The van der Waals surface area contributed by atoms with Crippen molar-refractivity contribution in [3.63, 3.8) is 0 Å². The molecule has 160 valence electrons. The van der Waals surface area contributed by atoms with Crippen molar-refractivity contribution in [2.75, 3.05) is 20.3 Å². The molecule has 0 saturated carbocycles. The van der Waals surface area contributed by atoms with Crippen molar-refractivity contribution in [3.8, 4) is 5.75 Å². The molecular formula is C22H32N2O5. The Bertz CT molecular complexity index is 690. The van der Waals surface area contributed by atoms with Crippen LogP contribution in [0.1, 0.15) is 63.5 Å². The Hall–Kier alpha value is -2.12. The number of hydroxylamine groups is 1. The van der Waals surface area contributed by atoms with Crippen LogP contribution in [0.5, 0.6) is 5.75 Å². The summed E-state index contributed by atoms with van der Waals surface area (Å²) in [5.41, 5.74) is 3.46. The molecule has 0 spiro atoms. The third-order valence-electron chi connectivity index (χ3n) is 5.68. The fraction of sp³-hybridized carbons (Fsp3) is 0.636. The summed E-state index contributed by atoms with van der Waals surface area (Å²) in [5.74, 6) is 0.131. The Kier molecular flexibility index (Phi) is 7.89. The highest BCUT2D eigenvalue weighted by molar-refractivity contribution is 5.84. The molecular weight excluding hydrogens is 372 g/mol. The highest BCUT2D eigenvalue weighted by atomic mass is 16.8. The van der Waals surface area contributed by atoms with Crippen LogP contribution in [0.15, 0.2) is 24.3 Å². The van der Waals surface area contributed by atoms with Gasteiger partial charge in [0, 0.05) is 31.6 Å². The van der Waals surface area contributed by atoms with E-state index >= 15 is 0 Å². The van der Waals surface area contributed by atoms with Gasteiger partial charge >= 0.3 is 0 Å². The summed E-state index contributed by atoms with van der Waals surface area (Å²) in [6.45, 7) is 3.36. The number of unbranched alkanes of at least 4 members (excludes halogenated alkanes) is 1. The molecule has 0 radical (unpaired) electrons. The highest BCUT2D eigenvalue weighted by Crippen LogP contribution is 2.40. The quantitative estimate of drug-likeness (QED) is 0.673. The third kappa shape index (κ3) is 5.28. The van der Waals surface area contributed by atoms with Crippen molar-refractivity contribution >= 4 is 11.8 Å². The number of ether oxygens (including phenoxy) is 2. The second-order valence-corrected chi connectivity index (χ2v) is 7.65. The topological polar surface area (TPSA) is 77.1 Å². The largest absolute Gasteiger partial charge is 0.496 e. The average Bonchev–Trinajstić information content (AvgIpc) is 2.77. The zero-order chi connectivity index (χ0) is 20.6. The second-order valence-electron chi connectivity index (χ2n) is 7.65. The number of nitrogens with one attached hydrogen (secondary N) is 1. The lowest BCUT2D eigenvalue weighted by atomic mass is 9.83. The summed E-state index contributed by atoms with van der Waals surface area (Å²) in [7, 11) is 1.61. The molecule has 2 aliphatic heterocycles. The Morgan fingerprint density at radius 3 is 2.83 bits per heavy atom. The van der Waals surface area contributed by atoms with Gasteiger partial charge in [-0.2, -0.15) is 0 Å². The molecule has 3 rings (SSSR count). The highest BCUT2D eigenvalue weighted by Gasteiger charge is 2.41. The van der Waals surface area contributed by atoms with Crippen LogP contribution in [0, 0.1) is 5.92 Å². The maximum absolute atomic E-state index is 13.1. The SMILES string of the molecule is CCCCN1C(=O)CCC(C(=O)NOC2CCCCO2)C1c1ccccc1OC. The smallest absolute Gasteiger partial charge is 0.249 e. The van der Waals surface area contributed by atoms with Gasteiger partial charge in [-0.25, -0.2) is 10.3 Å². The Morgan fingerprint density at radius 1 is 1.28 bits per heavy atom. The van der Waals surface area contributed by atoms with Crippen LogP contribution in [0.2, 0.25) is 0 Å². The van der Waals surface area contributed by atoms with E-state index in [2.05, 4.69) is 12.4 Å². The van der Waals surface area contributed by atoms with E-state index in [1.807, 2.05) is 29.2 Å². The van der Waals surface area contributed by atoms with Crippen LogP contribution < -0.4 is 10.2 Å². The van der Waals surface area contributed by atoms with Gasteiger partial charge in [0.05, 0.1) is 19.1 Å². The number of likely N-dealkylation sites (tertiary alicyclic amines) is 1. The van der Waals surface area contributed by atoms with Crippen molar-refractivity contribution in [2.24, 2.45) is 5.92 Å². The van der Waals surface area contributed by atoms with Gasteiger partial charge in [-0.1, -0.05) is 31.5 Å². The van der Waals surface area contributed by atoms with Gasteiger partial charge in [-0.05, 0) is 31.7 Å². The minimum atomic E-state index is -0.413. The van der Waals surface area contributed by atoms with E-state index in [-0.39, 0.29) is 17.9 Å². The van der Waals surface area contributed by atoms with Crippen molar-refractivity contribution in [3.05, 3.63) is 29.8 Å². The van der Waals surface area contributed by atoms with E-state index in [9.17, 15) is 9.59 Å². The zero-order valence-electron chi connectivity index (χ0n) is 17.4. The number of piperidine rings is 1. The molecule has 3 unspecified atom stereocenters. The lowest BCUT2D eigenvalue weighted by Crippen LogP contribution is -2.49. The fourth-order valence-corrected chi connectivity index (χ4v) is 4.12. The molecule has 7 heteroatoms. The first-order valence-corrected chi connectivity index (χ1v) is 10.6. The molecule has 0 aromatic heterocycles. The van der Waals surface area contributed by atoms with Crippen molar-refractivity contribution < 1.29 is 23.9 Å². The van der Waals surface area contributed by atoms with Crippen LogP contribution >= 0.6 is 0 Å². The third-order valence-corrected chi connectivity index (χ3v) is 5.68. The predicted octanol–water partition coefficient (Wildman–Crippen LogP) is 3.35. The molecule has 1 aromatic carbocycles. The molecule has 29 heavy (non-hydrogen) atoms. The van der Waals surface area contributed by atoms with Crippen LogP contribution in [0.3, 0.4) is 0 Å². The van der Waals surface area contributed by atoms with Gasteiger partial charge < -0.3 is 14.4 Å². The molecule has 2 fully saturated rings. The molecule has 2 saturated heterocycles. The number of hydrogen-bond donors (Lipinski definition) is 1. The maximum Gasteiger partial charge on any atom is 0.249 e. The van der Waals surface area contributed by atoms with Crippen LogP contribution in [0.25, 0.3) is 0 Å². The van der Waals surface area contributed by atoms with Gasteiger partial charge in [0.1, 0.15) is 5.75 Å². The summed E-state index contributed by atoms with van der Waals surface area (Å²) in [4.78, 5) is 33.2. The monoisotopic (exact) mass is 404 g/mol. The van der Waals surface area contributed by atoms with Gasteiger partial charge in [-0.15, -0.1) is 0 Å². The number of para-hydroxylation sites is 1. The number of nitrogens with zero attached hydrogens (tertiary/aromatic N) is 1. The summed E-state index contributed by atoms with van der Waals surface area (Å²) in [5, 5.41) is 0. The first kappa shape index (κ1) is 21.6. The van der Waals surface area contributed by atoms with Crippen LogP contribution in [-0.2, 0) is 19.2 Å². The molecule has 2 aliphatic rings. The van der Waals surface area contributed by atoms with Crippen LogP contribution in [-0.4, -0.2) is 43.3 Å². The number of amides is 2. The Labute approximate surface area is 172 Å².